The van der Waals surface area contributed by atoms with Crippen LogP contribution < -0.4 is 0 Å². The summed E-state index contributed by atoms with van der Waals surface area (Å²) in [5, 5.41) is 0. The Hall–Kier alpha value is -1.44. The summed E-state index contributed by atoms with van der Waals surface area (Å²) in [5.41, 5.74) is 1.34. The number of rotatable bonds is 8. The molecule has 6 nitrogen and oxygen atoms in total. The fourth-order valence-corrected chi connectivity index (χ4v) is 4.02. The summed E-state index contributed by atoms with van der Waals surface area (Å²) in [5.74, 6) is 0.494. The molecule has 1 aliphatic rings. The Morgan fingerprint density at radius 2 is 1.73 bits per heavy atom. The van der Waals surface area contributed by atoms with Crippen molar-refractivity contribution in [2.45, 2.75) is 19.3 Å². The molecule has 0 spiro atoms. The normalized spacial score (nSPS) is 16.4. The second-order valence-corrected chi connectivity index (χ2v) is 9.40. The topological polar surface area (TPSA) is 60.9 Å². The van der Waals surface area contributed by atoms with Gasteiger partial charge in [-0.15, -0.1) is 0 Å². The van der Waals surface area contributed by atoms with Gasteiger partial charge < -0.3 is 9.80 Å². The highest BCUT2D eigenvalue weighted by Crippen LogP contribution is 2.22. The second-order valence-electron chi connectivity index (χ2n) is 7.41. The first-order chi connectivity index (χ1) is 12.3. The van der Waals surface area contributed by atoms with Gasteiger partial charge in [-0.3, -0.25) is 4.79 Å². The standard InChI is InChI=1S/C19H31N3O3S/c1-20(2)13-14-22(26(3,24)25)16-19(23)21-11-9-18(10-12-21)15-17-7-5-4-6-8-17/h4-8,18H,9-16H2,1-3H3. The Kier molecular flexibility index (Phi) is 7.61. The molecule has 1 fully saturated rings. The van der Waals surface area contributed by atoms with Gasteiger partial charge in [-0.2, -0.15) is 4.31 Å². The number of benzene rings is 1. The van der Waals surface area contributed by atoms with Crippen molar-refractivity contribution in [2.24, 2.45) is 5.92 Å². The number of likely N-dealkylation sites (N-methyl/N-ethyl adjacent to an activating group) is 1. The minimum Gasteiger partial charge on any atom is -0.342 e. The molecular weight excluding hydrogens is 350 g/mol. The number of hydrogen-bond acceptors (Lipinski definition) is 4. The fourth-order valence-electron chi connectivity index (χ4n) is 3.26. The molecule has 0 aliphatic carbocycles. The predicted octanol–water partition coefficient (Wildman–Crippen LogP) is 1.29. The molecule has 0 radical (unpaired) electrons. The van der Waals surface area contributed by atoms with E-state index in [-0.39, 0.29) is 12.5 Å². The molecular formula is C19H31N3O3S. The van der Waals surface area contributed by atoms with Crippen LogP contribution in [0, 0.1) is 5.92 Å². The number of carbonyl (C=O) groups is 1. The van der Waals surface area contributed by atoms with Crippen molar-refractivity contribution in [1.82, 2.24) is 14.1 Å². The van der Waals surface area contributed by atoms with Gasteiger partial charge in [0, 0.05) is 26.2 Å². The van der Waals surface area contributed by atoms with E-state index in [0.29, 0.717) is 32.1 Å². The van der Waals surface area contributed by atoms with Crippen molar-refractivity contribution < 1.29 is 13.2 Å². The molecule has 0 saturated carbocycles. The number of carbonyl (C=O) groups excluding carboxylic acids is 1. The van der Waals surface area contributed by atoms with Crippen LogP contribution in [-0.4, -0.2) is 81.5 Å². The summed E-state index contributed by atoms with van der Waals surface area (Å²) in [6.45, 7) is 2.29. The molecule has 1 amide bonds. The molecule has 1 heterocycles. The molecule has 1 saturated heterocycles. The predicted molar refractivity (Wildman–Crippen MR) is 104 cm³/mol. The zero-order chi connectivity index (χ0) is 19.2. The lowest BCUT2D eigenvalue weighted by atomic mass is 9.90. The largest absolute Gasteiger partial charge is 0.342 e. The van der Waals surface area contributed by atoms with E-state index < -0.39 is 10.0 Å². The molecule has 0 N–H and O–H groups in total. The highest BCUT2D eigenvalue weighted by molar-refractivity contribution is 7.88. The molecule has 0 unspecified atom stereocenters. The van der Waals surface area contributed by atoms with Crippen molar-refractivity contribution in [1.29, 1.82) is 0 Å². The third-order valence-corrected chi connectivity index (χ3v) is 6.16. The molecule has 146 valence electrons. The van der Waals surface area contributed by atoms with Crippen molar-refractivity contribution >= 4 is 15.9 Å². The Labute approximate surface area is 157 Å². The van der Waals surface area contributed by atoms with Crippen LogP contribution >= 0.6 is 0 Å². The van der Waals surface area contributed by atoms with Crippen LogP contribution in [0.5, 0.6) is 0 Å². The SMILES string of the molecule is CN(C)CCN(CC(=O)N1CCC(Cc2ccccc2)CC1)S(C)(=O)=O. The first kappa shape index (κ1) is 20.9. The third-order valence-electron chi connectivity index (χ3n) is 4.91. The van der Waals surface area contributed by atoms with Crippen molar-refractivity contribution in [3.8, 4) is 0 Å². The number of likely N-dealkylation sites (tertiary alicyclic amines) is 1. The summed E-state index contributed by atoms with van der Waals surface area (Å²) in [6, 6.07) is 10.4. The van der Waals surface area contributed by atoms with Gasteiger partial charge in [0.15, 0.2) is 0 Å². The van der Waals surface area contributed by atoms with Crippen LogP contribution in [0.25, 0.3) is 0 Å². The summed E-state index contributed by atoms with van der Waals surface area (Å²) in [6.07, 6.45) is 4.15. The van der Waals surface area contributed by atoms with E-state index in [1.54, 1.807) is 0 Å². The minimum absolute atomic E-state index is 0.0595. The van der Waals surface area contributed by atoms with Crippen LogP contribution in [0.2, 0.25) is 0 Å². The van der Waals surface area contributed by atoms with Crippen molar-refractivity contribution in [2.75, 3.05) is 53.1 Å². The van der Waals surface area contributed by atoms with E-state index in [0.717, 1.165) is 19.3 Å². The number of nitrogens with zero attached hydrogens (tertiary/aromatic N) is 3. The van der Waals surface area contributed by atoms with E-state index in [9.17, 15) is 13.2 Å². The molecule has 1 aromatic carbocycles. The number of piperidine rings is 1. The highest BCUT2D eigenvalue weighted by Gasteiger charge is 2.27. The summed E-state index contributed by atoms with van der Waals surface area (Å²) in [4.78, 5) is 16.3. The van der Waals surface area contributed by atoms with Gasteiger partial charge in [-0.05, 0) is 44.8 Å². The van der Waals surface area contributed by atoms with Gasteiger partial charge >= 0.3 is 0 Å². The fraction of sp³-hybridized carbons (Fsp3) is 0.632. The molecule has 1 aromatic rings. The van der Waals surface area contributed by atoms with Gasteiger partial charge in [0.05, 0.1) is 12.8 Å². The Morgan fingerprint density at radius 3 is 2.27 bits per heavy atom. The maximum atomic E-state index is 12.6. The second kappa shape index (κ2) is 9.48. The number of amides is 1. The van der Waals surface area contributed by atoms with Gasteiger partial charge in [0.1, 0.15) is 0 Å². The summed E-state index contributed by atoms with van der Waals surface area (Å²) in [7, 11) is 0.391. The lowest BCUT2D eigenvalue weighted by molar-refractivity contribution is -0.132. The number of sulfonamides is 1. The summed E-state index contributed by atoms with van der Waals surface area (Å²) < 4.78 is 25.2. The molecule has 2 rings (SSSR count). The lowest BCUT2D eigenvalue weighted by Crippen LogP contribution is -2.47. The average Bonchev–Trinajstić information content (AvgIpc) is 2.58. The van der Waals surface area contributed by atoms with Crippen LogP contribution in [0.3, 0.4) is 0 Å². The maximum Gasteiger partial charge on any atom is 0.237 e. The van der Waals surface area contributed by atoms with Crippen LogP contribution in [0.4, 0.5) is 0 Å². The average molecular weight is 382 g/mol. The molecule has 0 atom stereocenters. The Morgan fingerprint density at radius 1 is 1.12 bits per heavy atom. The molecule has 0 bridgehead atoms. The van der Waals surface area contributed by atoms with Crippen molar-refractivity contribution in [3.05, 3.63) is 35.9 Å². The lowest BCUT2D eigenvalue weighted by Gasteiger charge is -2.33. The maximum absolute atomic E-state index is 12.6. The smallest absolute Gasteiger partial charge is 0.237 e. The molecule has 1 aliphatic heterocycles. The Balaban J connectivity index is 1.84. The molecule has 7 heteroatoms. The Bertz CT molecular complexity index is 669. The highest BCUT2D eigenvalue weighted by atomic mass is 32.2. The van der Waals surface area contributed by atoms with E-state index in [1.807, 2.05) is 30.0 Å². The number of hydrogen-bond donors (Lipinski definition) is 0. The van der Waals surface area contributed by atoms with Gasteiger partial charge in [0.2, 0.25) is 15.9 Å². The monoisotopic (exact) mass is 381 g/mol. The zero-order valence-corrected chi connectivity index (χ0v) is 16.9. The van der Waals surface area contributed by atoms with Gasteiger partial charge in [-0.25, -0.2) is 8.42 Å². The van der Waals surface area contributed by atoms with E-state index in [4.69, 9.17) is 0 Å². The van der Waals surface area contributed by atoms with E-state index >= 15 is 0 Å². The molecule has 0 aromatic heterocycles. The minimum atomic E-state index is -3.39. The quantitative estimate of drug-likeness (QED) is 0.681. The van der Waals surface area contributed by atoms with Gasteiger partial charge in [0.25, 0.3) is 0 Å². The van der Waals surface area contributed by atoms with E-state index in [1.165, 1.54) is 16.1 Å². The van der Waals surface area contributed by atoms with Crippen molar-refractivity contribution in [3.63, 3.8) is 0 Å². The molecule has 26 heavy (non-hydrogen) atoms. The van der Waals surface area contributed by atoms with Crippen LogP contribution in [-0.2, 0) is 21.2 Å². The van der Waals surface area contributed by atoms with Gasteiger partial charge in [-0.1, -0.05) is 30.3 Å². The van der Waals surface area contributed by atoms with Crippen LogP contribution in [0.15, 0.2) is 30.3 Å². The first-order valence-corrected chi connectivity index (χ1v) is 11.0. The first-order valence-electron chi connectivity index (χ1n) is 9.17. The van der Waals surface area contributed by atoms with E-state index in [2.05, 4.69) is 24.3 Å². The zero-order valence-electron chi connectivity index (χ0n) is 16.1. The summed E-state index contributed by atoms with van der Waals surface area (Å²) >= 11 is 0. The third kappa shape index (κ3) is 6.70. The van der Waals surface area contributed by atoms with Crippen LogP contribution in [0.1, 0.15) is 18.4 Å².